The van der Waals surface area contributed by atoms with Crippen LogP contribution < -0.4 is 0 Å². The molecule has 0 bridgehead atoms. The van der Waals surface area contributed by atoms with E-state index < -0.39 is 43.9 Å². The molecule has 0 unspecified atom stereocenters. The van der Waals surface area contributed by atoms with Gasteiger partial charge in [0.15, 0.2) is 0 Å². The van der Waals surface area contributed by atoms with Crippen LogP contribution in [0.15, 0.2) is 24.4 Å². The van der Waals surface area contributed by atoms with E-state index in [4.69, 9.17) is 18.4 Å². The monoisotopic (exact) mass is 257 g/mol. The van der Waals surface area contributed by atoms with Gasteiger partial charge in [-0.3, -0.25) is 9.67 Å². The molecule has 0 saturated carbocycles. The van der Waals surface area contributed by atoms with Crippen molar-refractivity contribution in [1.29, 1.82) is 0 Å². The van der Waals surface area contributed by atoms with Crippen molar-refractivity contribution in [2.75, 3.05) is 0 Å². The van der Waals surface area contributed by atoms with Crippen molar-refractivity contribution in [2.24, 2.45) is 0 Å². The van der Waals surface area contributed by atoms with Crippen LogP contribution in [-0.2, 0) is 17.8 Å². The average Bonchev–Trinajstić information content (AvgIpc) is 2.97. The maximum Gasteiger partial charge on any atom is 0.141 e. The molecular weight excluding hydrogens is 233 g/mol. The summed E-state index contributed by atoms with van der Waals surface area (Å²) in [5, 5.41) is 3.86. The number of hydrogen-bond donors (Lipinski definition) is 0. The standard InChI is InChI=1S/C13H14FN3O/c1-13(2)8-17-10(7-18-13)5-12(16-17)11-4-3-9(14)6-15-11/h3-6H,7-8H2,1-2H3/i1D3,2D3,7D2,8D2. The lowest BCUT2D eigenvalue weighted by Gasteiger charge is -2.30. The first-order valence-electron chi connectivity index (χ1n) is 9.98. The van der Waals surface area contributed by atoms with Crippen molar-refractivity contribution in [2.45, 2.75) is 32.4 Å². The Morgan fingerprint density at radius 2 is 2.39 bits per heavy atom. The van der Waals surface area contributed by atoms with Crippen LogP contribution in [-0.4, -0.2) is 20.4 Å². The van der Waals surface area contributed by atoms with Gasteiger partial charge in [0, 0.05) is 8.22 Å². The predicted molar refractivity (Wildman–Crippen MR) is 64.3 cm³/mol. The molecule has 0 fully saturated rings. The molecular formula is C13H14FN3O. The van der Waals surface area contributed by atoms with E-state index in [2.05, 4.69) is 10.1 Å². The quantitative estimate of drug-likeness (QED) is 0.787. The van der Waals surface area contributed by atoms with Crippen LogP contribution in [0.5, 0.6) is 0 Å². The van der Waals surface area contributed by atoms with Crippen LogP contribution >= 0.6 is 0 Å². The van der Waals surface area contributed by atoms with Crippen LogP contribution in [0.3, 0.4) is 0 Å². The molecule has 5 heteroatoms. The molecule has 0 aromatic carbocycles. The third-order valence-electron chi connectivity index (χ3n) is 2.27. The zero-order chi connectivity index (χ0) is 21.3. The Bertz CT molecular complexity index is 889. The summed E-state index contributed by atoms with van der Waals surface area (Å²) in [6.45, 7) is -13.4. The molecule has 1 aliphatic rings. The zero-order valence-electron chi connectivity index (χ0n) is 18.9. The van der Waals surface area contributed by atoms with Gasteiger partial charge in [0.05, 0.1) is 41.7 Å². The Morgan fingerprint density at radius 1 is 1.50 bits per heavy atom. The SMILES string of the molecule is [2H]C1([2H])OC(C([2H])([2H])[2H])(C([2H])([2H])[2H])C([2H])([2H])n2nc(-c3ccc(F)cn3)cc21. The molecule has 0 atom stereocenters. The molecule has 2 aromatic rings. The van der Waals surface area contributed by atoms with Crippen molar-refractivity contribution in [1.82, 2.24) is 14.8 Å². The van der Waals surface area contributed by atoms with Gasteiger partial charge in [-0.2, -0.15) is 5.10 Å². The van der Waals surface area contributed by atoms with Crippen LogP contribution in [0.4, 0.5) is 4.39 Å². The molecule has 0 N–H and O–H groups in total. The molecule has 0 aliphatic carbocycles. The molecule has 3 heterocycles. The Kier molecular flexibility index (Phi) is 1.02. The van der Waals surface area contributed by atoms with Crippen LogP contribution in [0, 0.1) is 5.82 Å². The van der Waals surface area contributed by atoms with Gasteiger partial charge in [0.25, 0.3) is 0 Å². The molecule has 3 rings (SSSR count). The van der Waals surface area contributed by atoms with Gasteiger partial charge in [0.2, 0.25) is 0 Å². The Labute approximate surface area is 118 Å². The highest BCUT2D eigenvalue weighted by molar-refractivity contribution is 5.54. The fourth-order valence-corrected chi connectivity index (χ4v) is 1.49. The molecule has 0 radical (unpaired) electrons. The van der Waals surface area contributed by atoms with Gasteiger partial charge in [-0.1, -0.05) is 0 Å². The number of ether oxygens (including phenoxy) is 1. The molecule has 2 aromatic heterocycles. The minimum Gasteiger partial charge on any atom is -0.367 e. The first kappa shape index (κ1) is 4.74. The van der Waals surface area contributed by atoms with E-state index in [0.717, 1.165) is 18.3 Å². The fourth-order valence-electron chi connectivity index (χ4n) is 1.49. The number of hydrogen-bond acceptors (Lipinski definition) is 3. The highest BCUT2D eigenvalue weighted by Crippen LogP contribution is 2.25. The van der Waals surface area contributed by atoms with Crippen molar-refractivity contribution in [3.8, 4) is 11.4 Å². The Morgan fingerprint density at radius 3 is 3.11 bits per heavy atom. The van der Waals surface area contributed by atoms with E-state index in [1.807, 2.05) is 0 Å². The van der Waals surface area contributed by atoms with E-state index in [1.165, 1.54) is 6.07 Å². The Hall–Kier alpha value is -1.75. The fraction of sp³-hybridized carbons (Fsp3) is 0.385. The lowest BCUT2D eigenvalue weighted by molar-refractivity contribution is -0.0660. The summed E-state index contributed by atoms with van der Waals surface area (Å²) >= 11 is 0. The molecule has 0 spiro atoms. The molecule has 0 saturated heterocycles. The third kappa shape index (κ3) is 2.01. The van der Waals surface area contributed by atoms with Crippen molar-refractivity contribution in [3.63, 3.8) is 0 Å². The van der Waals surface area contributed by atoms with Crippen LogP contribution in [0.25, 0.3) is 11.4 Å². The van der Waals surface area contributed by atoms with E-state index in [9.17, 15) is 4.39 Å². The van der Waals surface area contributed by atoms with Crippen molar-refractivity contribution < 1.29 is 22.8 Å². The zero-order valence-corrected chi connectivity index (χ0v) is 8.94. The number of pyridine rings is 1. The average molecular weight is 257 g/mol. The van der Waals surface area contributed by atoms with E-state index >= 15 is 0 Å². The molecule has 4 nitrogen and oxygen atoms in total. The van der Waals surface area contributed by atoms with E-state index in [0.29, 0.717) is 4.68 Å². The second-order valence-corrected chi connectivity index (χ2v) is 3.69. The summed E-state index contributed by atoms with van der Waals surface area (Å²) in [7, 11) is 0. The summed E-state index contributed by atoms with van der Waals surface area (Å²) in [6, 6.07) is 3.30. The Balaban J connectivity index is 2.30. The van der Waals surface area contributed by atoms with Crippen molar-refractivity contribution >= 4 is 0 Å². The van der Waals surface area contributed by atoms with Gasteiger partial charge in [-0.15, -0.1) is 0 Å². The smallest absolute Gasteiger partial charge is 0.141 e. The second-order valence-electron chi connectivity index (χ2n) is 3.69. The topological polar surface area (TPSA) is 39.9 Å². The molecule has 1 aliphatic heterocycles. The second kappa shape index (κ2) is 3.88. The largest absolute Gasteiger partial charge is 0.367 e. The van der Waals surface area contributed by atoms with Gasteiger partial charge in [-0.25, -0.2) is 4.39 Å². The number of rotatable bonds is 1. The maximum atomic E-state index is 13.1. The predicted octanol–water partition coefficient (Wildman–Crippen LogP) is 2.39. The molecule has 94 valence electrons. The first-order chi connectivity index (χ1) is 12.5. The van der Waals surface area contributed by atoms with Gasteiger partial charge < -0.3 is 4.74 Å². The molecule has 0 amide bonds. The number of nitrogens with zero attached hydrogens (tertiary/aromatic N) is 3. The summed E-state index contributed by atoms with van der Waals surface area (Å²) in [5.74, 6) is -0.648. The minimum absolute atomic E-state index is 0.0447. The highest BCUT2D eigenvalue weighted by atomic mass is 19.1. The highest BCUT2D eigenvalue weighted by Gasteiger charge is 2.27. The van der Waals surface area contributed by atoms with Gasteiger partial charge in [-0.05, 0) is 31.9 Å². The minimum atomic E-state index is -3.58. The van der Waals surface area contributed by atoms with Crippen LogP contribution in [0.1, 0.15) is 33.1 Å². The lowest BCUT2D eigenvalue weighted by Crippen LogP contribution is -2.36. The third-order valence-corrected chi connectivity index (χ3v) is 2.27. The van der Waals surface area contributed by atoms with E-state index in [-0.39, 0.29) is 11.4 Å². The van der Waals surface area contributed by atoms with Gasteiger partial charge in [0.1, 0.15) is 11.5 Å². The van der Waals surface area contributed by atoms with Crippen molar-refractivity contribution in [3.05, 3.63) is 35.9 Å². The first-order valence-corrected chi connectivity index (χ1v) is 4.98. The summed E-state index contributed by atoms with van der Waals surface area (Å²) < 4.78 is 96.9. The number of fused-ring (bicyclic) bond motifs is 1. The summed E-state index contributed by atoms with van der Waals surface area (Å²) in [5.41, 5.74) is -4.15. The number of aromatic nitrogens is 3. The number of halogens is 1. The normalized spacial score (nSPS) is 32.7. The van der Waals surface area contributed by atoms with Gasteiger partial charge >= 0.3 is 0 Å². The van der Waals surface area contributed by atoms with E-state index in [1.54, 1.807) is 0 Å². The van der Waals surface area contributed by atoms with Crippen LogP contribution in [0.2, 0.25) is 0 Å². The molecule has 18 heavy (non-hydrogen) atoms. The lowest BCUT2D eigenvalue weighted by atomic mass is 10.1. The maximum absolute atomic E-state index is 13.1. The summed E-state index contributed by atoms with van der Waals surface area (Å²) in [6.07, 6.45) is 0.864. The summed E-state index contributed by atoms with van der Waals surface area (Å²) in [4.78, 5) is 3.76.